The zero-order valence-electron chi connectivity index (χ0n) is 18.9. The molecule has 1 saturated heterocycles. The third-order valence-electron chi connectivity index (χ3n) is 6.59. The molecule has 2 fully saturated rings. The smallest absolute Gasteiger partial charge is 0.337 e. The number of fused-ring (bicyclic) bond motifs is 3. The molecule has 0 amide bonds. The molecular formula is C25H30O8. The van der Waals surface area contributed by atoms with Gasteiger partial charge in [-0.15, -0.1) is 0 Å². The average molecular weight is 459 g/mol. The van der Waals surface area contributed by atoms with E-state index in [0.29, 0.717) is 6.42 Å². The van der Waals surface area contributed by atoms with Gasteiger partial charge in [0.1, 0.15) is 18.8 Å². The molecule has 0 aromatic rings. The Bertz CT molecular complexity index is 953. The number of esters is 3. The molecule has 1 saturated carbocycles. The summed E-state index contributed by atoms with van der Waals surface area (Å²) in [6, 6.07) is 0. The van der Waals surface area contributed by atoms with Crippen molar-refractivity contribution in [1.29, 1.82) is 0 Å². The Hall–Kier alpha value is -2.97. The number of hydrogen-bond acceptors (Lipinski definition) is 8. The Balaban J connectivity index is 1.79. The van der Waals surface area contributed by atoms with E-state index in [1.54, 1.807) is 0 Å². The Morgan fingerprint density at radius 3 is 2.55 bits per heavy atom. The highest BCUT2D eigenvalue weighted by Crippen LogP contribution is 2.51. The first-order chi connectivity index (χ1) is 15.7. The largest absolute Gasteiger partial charge is 0.458 e. The van der Waals surface area contributed by atoms with Crippen LogP contribution in [0.5, 0.6) is 0 Å². The Morgan fingerprint density at radius 2 is 1.88 bits per heavy atom. The molecule has 178 valence electrons. The molecule has 0 unspecified atom stereocenters. The molecule has 33 heavy (non-hydrogen) atoms. The zero-order chi connectivity index (χ0) is 24.3. The third kappa shape index (κ3) is 5.02. The highest BCUT2D eigenvalue weighted by atomic mass is 16.6. The summed E-state index contributed by atoms with van der Waals surface area (Å²) in [5, 5.41) is 18.2. The molecular weight excluding hydrogens is 428 g/mol. The van der Waals surface area contributed by atoms with Gasteiger partial charge in [0.25, 0.3) is 0 Å². The Kier molecular flexibility index (Phi) is 7.71. The third-order valence-corrected chi connectivity index (χ3v) is 6.59. The maximum atomic E-state index is 13.0. The lowest BCUT2D eigenvalue weighted by atomic mass is 9.80. The van der Waals surface area contributed by atoms with Gasteiger partial charge in [-0.1, -0.05) is 30.4 Å². The molecule has 0 radical (unpaired) electrons. The lowest BCUT2D eigenvalue weighted by Crippen LogP contribution is -2.36. The van der Waals surface area contributed by atoms with Crippen LogP contribution in [-0.2, 0) is 28.6 Å². The highest BCUT2D eigenvalue weighted by molar-refractivity contribution is 5.93. The number of ether oxygens (including phenoxy) is 3. The van der Waals surface area contributed by atoms with Gasteiger partial charge in [0, 0.05) is 23.5 Å². The van der Waals surface area contributed by atoms with Crippen molar-refractivity contribution in [2.45, 2.75) is 38.9 Å². The first kappa shape index (κ1) is 24.7. The van der Waals surface area contributed by atoms with Gasteiger partial charge in [0.15, 0.2) is 0 Å². The number of aliphatic hydroxyl groups is 2. The molecule has 1 heterocycles. The van der Waals surface area contributed by atoms with Crippen molar-refractivity contribution in [3.05, 3.63) is 59.3 Å². The van der Waals surface area contributed by atoms with Crippen LogP contribution in [0, 0.1) is 17.8 Å². The van der Waals surface area contributed by atoms with Crippen LogP contribution in [0.15, 0.2) is 59.3 Å². The van der Waals surface area contributed by atoms with Gasteiger partial charge in [0.05, 0.1) is 24.7 Å². The topological polar surface area (TPSA) is 119 Å². The normalized spacial score (nSPS) is 29.6. The van der Waals surface area contributed by atoms with Crippen LogP contribution in [-0.4, -0.2) is 60.1 Å². The predicted octanol–water partition coefficient (Wildman–Crippen LogP) is 1.94. The van der Waals surface area contributed by atoms with E-state index in [-0.39, 0.29) is 35.2 Å². The monoisotopic (exact) mass is 458 g/mol. The van der Waals surface area contributed by atoms with Gasteiger partial charge in [-0.25, -0.2) is 14.4 Å². The van der Waals surface area contributed by atoms with E-state index < -0.39 is 49.2 Å². The molecule has 1 aliphatic heterocycles. The van der Waals surface area contributed by atoms with Crippen LogP contribution in [0.2, 0.25) is 0 Å². The highest BCUT2D eigenvalue weighted by Gasteiger charge is 2.54. The van der Waals surface area contributed by atoms with E-state index in [2.05, 4.69) is 19.2 Å². The minimum atomic E-state index is -0.774. The van der Waals surface area contributed by atoms with Crippen molar-refractivity contribution in [2.75, 3.05) is 19.8 Å². The minimum absolute atomic E-state index is 0.0379. The second kappa shape index (κ2) is 10.3. The molecule has 8 heteroatoms. The number of carbonyl (C=O) groups excluding carboxylic acids is 3. The van der Waals surface area contributed by atoms with Crippen LogP contribution in [0.3, 0.4) is 0 Å². The van der Waals surface area contributed by atoms with Crippen molar-refractivity contribution < 1.29 is 38.8 Å². The van der Waals surface area contributed by atoms with E-state index >= 15 is 0 Å². The first-order valence-corrected chi connectivity index (χ1v) is 10.9. The van der Waals surface area contributed by atoms with E-state index in [9.17, 15) is 19.5 Å². The van der Waals surface area contributed by atoms with E-state index in [1.165, 1.54) is 19.1 Å². The van der Waals surface area contributed by atoms with E-state index in [0.717, 1.165) is 17.6 Å². The number of allylic oxidation sites excluding steroid dienone is 1. The summed E-state index contributed by atoms with van der Waals surface area (Å²) in [6.07, 6.45) is 4.51. The maximum absolute atomic E-state index is 13.0. The van der Waals surface area contributed by atoms with Gasteiger partial charge in [-0.3, -0.25) is 0 Å². The summed E-state index contributed by atoms with van der Waals surface area (Å²) in [7, 11) is 0. The molecule has 0 bridgehead atoms. The summed E-state index contributed by atoms with van der Waals surface area (Å²) in [6.45, 7) is 10.4. The lowest BCUT2D eigenvalue weighted by molar-refractivity contribution is -0.149. The standard InChI is InChI=1S/C25H30O8/c1-13-5-6-18-15(3)11-19(21-16(4)24(29)33-22(21)20(13)18)32-25(30)17(8-10-27)12-31-23(28)14(2)7-9-26/h5,7-8,18-22,26-27H,3-4,6,9-12H2,1-2H3/b14-7+,17-8+/t18-,19+,20-,21+,22+/m0/s1. The molecule has 0 aromatic carbocycles. The molecule has 2 aliphatic carbocycles. The van der Waals surface area contributed by atoms with Crippen LogP contribution in [0.25, 0.3) is 0 Å². The fourth-order valence-electron chi connectivity index (χ4n) is 4.81. The second-order valence-corrected chi connectivity index (χ2v) is 8.60. The summed E-state index contributed by atoms with van der Waals surface area (Å²) in [5.74, 6) is -2.45. The summed E-state index contributed by atoms with van der Waals surface area (Å²) < 4.78 is 16.6. The van der Waals surface area contributed by atoms with Crippen molar-refractivity contribution in [2.24, 2.45) is 17.8 Å². The summed E-state index contributed by atoms with van der Waals surface area (Å²) in [4.78, 5) is 37.3. The van der Waals surface area contributed by atoms with Gasteiger partial charge < -0.3 is 24.4 Å². The summed E-state index contributed by atoms with van der Waals surface area (Å²) in [5.41, 5.74) is 2.43. The van der Waals surface area contributed by atoms with Gasteiger partial charge in [-0.05, 0) is 38.3 Å². The van der Waals surface area contributed by atoms with E-state index in [4.69, 9.17) is 19.3 Å². The van der Waals surface area contributed by atoms with Crippen molar-refractivity contribution >= 4 is 17.9 Å². The SMILES string of the molecule is C=C1C(=O)O[C@@H]2[C@H]3C(C)=CC[C@H]3C(=C)C[C@@H](OC(=O)/C(=C/CO)COC(=O)/C(C)=C/CO)[C@@H]12. The maximum Gasteiger partial charge on any atom is 0.337 e. The molecule has 5 atom stereocenters. The molecule has 0 spiro atoms. The van der Waals surface area contributed by atoms with E-state index in [1.807, 2.05) is 6.92 Å². The molecule has 8 nitrogen and oxygen atoms in total. The Morgan fingerprint density at radius 1 is 1.18 bits per heavy atom. The average Bonchev–Trinajstić information content (AvgIpc) is 3.25. The summed E-state index contributed by atoms with van der Waals surface area (Å²) >= 11 is 0. The van der Waals surface area contributed by atoms with Gasteiger partial charge >= 0.3 is 17.9 Å². The molecule has 0 aromatic heterocycles. The van der Waals surface area contributed by atoms with Crippen LogP contribution >= 0.6 is 0 Å². The minimum Gasteiger partial charge on any atom is -0.458 e. The van der Waals surface area contributed by atoms with Crippen LogP contribution in [0.4, 0.5) is 0 Å². The fraction of sp³-hybridized carbons (Fsp3) is 0.480. The van der Waals surface area contributed by atoms with Crippen molar-refractivity contribution in [3.8, 4) is 0 Å². The van der Waals surface area contributed by atoms with Crippen LogP contribution < -0.4 is 0 Å². The van der Waals surface area contributed by atoms with Gasteiger partial charge in [-0.2, -0.15) is 0 Å². The molecule has 3 aliphatic rings. The molecule has 2 N–H and O–H groups in total. The number of hydrogen-bond donors (Lipinski definition) is 2. The second-order valence-electron chi connectivity index (χ2n) is 8.60. The fourth-order valence-corrected chi connectivity index (χ4v) is 4.81. The predicted molar refractivity (Wildman–Crippen MR) is 118 cm³/mol. The number of carbonyl (C=O) groups is 3. The first-order valence-electron chi connectivity index (χ1n) is 10.9. The zero-order valence-corrected chi connectivity index (χ0v) is 18.9. The lowest BCUT2D eigenvalue weighted by Gasteiger charge is -2.28. The molecule has 3 rings (SSSR count). The van der Waals surface area contributed by atoms with Crippen molar-refractivity contribution in [1.82, 2.24) is 0 Å². The van der Waals surface area contributed by atoms with Crippen LogP contribution in [0.1, 0.15) is 26.7 Å². The number of rotatable bonds is 7. The quantitative estimate of drug-likeness (QED) is 0.257. The Labute approximate surface area is 192 Å². The van der Waals surface area contributed by atoms with Crippen molar-refractivity contribution in [3.63, 3.8) is 0 Å². The number of aliphatic hydroxyl groups excluding tert-OH is 2. The van der Waals surface area contributed by atoms with Gasteiger partial charge in [0.2, 0.25) is 0 Å².